The van der Waals surface area contributed by atoms with Crippen molar-refractivity contribution in [1.29, 1.82) is 0 Å². The van der Waals surface area contributed by atoms with Gasteiger partial charge in [0.1, 0.15) is 0 Å². The summed E-state index contributed by atoms with van der Waals surface area (Å²) in [5.41, 5.74) is 3.00. The zero-order valence-electron chi connectivity index (χ0n) is 14.6. The molecule has 0 unspecified atom stereocenters. The first kappa shape index (κ1) is 16.0. The monoisotopic (exact) mass is 326 g/mol. The summed E-state index contributed by atoms with van der Waals surface area (Å²) in [5.74, 6) is 3.41. The first-order valence-electron chi connectivity index (χ1n) is 9.86. The second-order valence-electron chi connectivity index (χ2n) is 8.26. The maximum atomic E-state index is 11.9. The predicted molar refractivity (Wildman–Crippen MR) is 96.9 cm³/mol. The molecule has 0 aromatic heterocycles. The van der Waals surface area contributed by atoms with Gasteiger partial charge in [-0.2, -0.15) is 0 Å². The number of hydrogen-bond donors (Lipinski definition) is 2. The number of carbonyl (C=O) groups excluding carboxylic acids is 1. The molecule has 2 N–H and O–H groups in total. The molecule has 0 heterocycles. The molecule has 0 bridgehead atoms. The third-order valence-electron chi connectivity index (χ3n) is 6.61. The van der Waals surface area contributed by atoms with Crippen LogP contribution in [-0.4, -0.2) is 19.1 Å². The van der Waals surface area contributed by atoms with Crippen molar-refractivity contribution >= 4 is 6.03 Å². The highest BCUT2D eigenvalue weighted by Crippen LogP contribution is 2.46. The molecule has 24 heavy (non-hydrogen) atoms. The summed E-state index contributed by atoms with van der Waals surface area (Å²) in [7, 11) is 0. The quantitative estimate of drug-likeness (QED) is 0.817. The van der Waals surface area contributed by atoms with Crippen molar-refractivity contribution in [2.45, 2.75) is 51.4 Å². The fourth-order valence-corrected chi connectivity index (χ4v) is 4.79. The van der Waals surface area contributed by atoms with Crippen molar-refractivity contribution < 1.29 is 4.79 Å². The van der Waals surface area contributed by atoms with Gasteiger partial charge in [0.15, 0.2) is 0 Å². The summed E-state index contributed by atoms with van der Waals surface area (Å²) in [6, 6.07) is 8.76. The Morgan fingerprint density at radius 3 is 2.29 bits per heavy atom. The number of hydrogen-bond acceptors (Lipinski definition) is 1. The van der Waals surface area contributed by atoms with Crippen LogP contribution in [0.2, 0.25) is 0 Å². The highest BCUT2D eigenvalue weighted by atomic mass is 16.2. The molecule has 2 amide bonds. The predicted octanol–water partition coefficient (Wildman–Crippen LogP) is 3.92. The molecule has 1 aromatic carbocycles. The van der Waals surface area contributed by atoms with Crippen molar-refractivity contribution in [3.05, 3.63) is 35.4 Å². The van der Waals surface area contributed by atoms with Gasteiger partial charge >= 0.3 is 6.03 Å². The zero-order valence-corrected chi connectivity index (χ0v) is 14.6. The van der Waals surface area contributed by atoms with Gasteiger partial charge in [-0.15, -0.1) is 0 Å². The summed E-state index contributed by atoms with van der Waals surface area (Å²) >= 11 is 0. The van der Waals surface area contributed by atoms with Crippen LogP contribution in [0.1, 0.15) is 49.7 Å². The Morgan fingerprint density at radius 1 is 0.958 bits per heavy atom. The summed E-state index contributed by atoms with van der Waals surface area (Å²) in [5, 5.41) is 6.12. The molecule has 0 atom stereocenters. The van der Waals surface area contributed by atoms with E-state index in [0.717, 1.165) is 37.3 Å². The van der Waals surface area contributed by atoms with E-state index in [2.05, 4.69) is 34.9 Å². The Labute approximate surface area is 145 Å². The topological polar surface area (TPSA) is 41.1 Å². The van der Waals surface area contributed by atoms with E-state index >= 15 is 0 Å². The van der Waals surface area contributed by atoms with Crippen LogP contribution in [0.25, 0.3) is 0 Å². The second-order valence-corrected chi connectivity index (χ2v) is 8.26. The van der Waals surface area contributed by atoms with Crippen LogP contribution in [0, 0.1) is 23.7 Å². The van der Waals surface area contributed by atoms with Crippen molar-refractivity contribution in [3.63, 3.8) is 0 Å². The normalized spacial score (nSPS) is 26.3. The lowest BCUT2D eigenvalue weighted by Gasteiger charge is -2.44. The van der Waals surface area contributed by atoms with E-state index in [1.807, 2.05) is 0 Å². The van der Waals surface area contributed by atoms with E-state index in [-0.39, 0.29) is 6.03 Å². The Bertz CT molecular complexity index is 550. The second kappa shape index (κ2) is 7.16. The molecule has 4 rings (SSSR count). The molecular weight excluding hydrogens is 296 g/mol. The lowest BCUT2D eigenvalue weighted by Crippen LogP contribution is -2.43. The van der Waals surface area contributed by atoms with Crippen molar-refractivity contribution in [1.82, 2.24) is 10.6 Å². The first-order valence-corrected chi connectivity index (χ1v) is 9.86. The van der Waals surface area contributed by atoms with E-state index < -0.39 is 0 Å². The maximum Gasteiger partial charge on any atom is 0.314 e. The van der Waals surface area contributed by atoms with E-state index in [1.165, 1.54) is 56.1 Å². The molecule has 0 spiro atoms. The minimum Gasteiger partial charge on any atom is -0.338 e. The van der Waals surface area contributed by atoms with Gasteiger partial charge in [-0.1, -0.05) is 43.5 Å². The number of benzene rings is 1. The standard InChI is InChI=1S/C21H30N2O/c24-21(23-14-16-12-20(13-16)17-6-3-7-17)22-9-8-15-10-18-4-1-2-5-19(18)11-15/h1-2,4-5,15-17,20H,3,6-14H2,(H2,22,23,24). The van der Waals surface area contributed by atoms with Crippen LogP contribution in [0.15, 0.2) is 24.3 Å². The summed E-state index contributed by atoms with van der Waals surface area (Å²) in [6.07, 6.45) is 10.4. The highest BCUT2D eigenvalue weighted by molar-refractivity contribution is 5.73. The van der Waals surface area contributed by atoms with Gasteiger partial charge in [0.25, 0.3) is 0 Å². The van der Waals surface area contributed by atoms with Crippen molar-refractivity contribution in [2.75, 3.05) is 13.1 Å². The fraction of sp³-hybridized carbons (Fsp3) is 0.667. The van der Waals surface area contributed by atoms with E-state index in [0.29, 0.717) is 5.92 Å². The van der Waals surface area contributed by atoms with Crippen LogP contribution < -0.4 is 10.6 Å². The van der Waals surface area contributed by atoms with Crippen molar-refractivity contribution in [2.24, 2.45) is 23.7 Å². The molecule has 0 radical (unpaired) electrons. The summed E-state index contributed by atoms with van der Waals surface area (Å²) in [6.45, 7) is 1.66. The summed E-state index contributed by atoms with van der Waals surface area (Å²) in [4.78, 5) is 11.9. The summed E-state index contributed by atoms with van der Waals surface area (Å²) < 4.78 is 0. The lowest BCUT2D eigenvalue weighted by atomic mass is 9.62. The first-order chi connectivity index (χ1) is 11.8. The Kier molecular flexibility index (Phi) is 4.77. The molecule has 3 aliphatic carbocycles. The molecule has 3 nitrogen and oxygen atoms in total. The Balaban J connectivity index is 1.07. The van der Waals surface area contributed by atoms with Crippen LogP contribution in [-0.2, 0) is 12.8 Å². The maximum absolute atomic E-state index is 11.9. The smallest absolute Gasteiger partial charge is 0.314 e. The number of carbonyl (C=O) groups is 1. The third-order valence-corrected chi connectivity index (χ3v) is 6.61. The molecule has 130 valence electrons. The van der Waals surface area contributed by atoms with Gasteiger partial charge in [0.05, 0.1) is 0 Å². The van der Waals surface area contributed by atoms with Gasteiger partial charge < -0.3 is 10.6 Å². The SMILES string of the molecule is O=C(NCCC1Cc2ccccc2C1)NCC1CC(C2CCC2)C1. The van der Waals surface area contributed by atoms with Crippen molar-refractivity contribution in [3.8, 4) is 0 Å². The van der Waals surface area contributed by atoms with Gasteiger partial charge in [-0.25, -0.2) is 4.79 Å². The molecule has 0 saturated heterocycles. The van der Waals surface area contributed by atoms with Gasteiger partial charge in [-0.05, 0) is 66.9 Å². The van der Waals surface area contributed by atoms with Crippen LogP contribution in [0.3, 0.4) is 0 Å². The van der Waals surface area contributed by atoms with E-state index in [1.54, 1.807) is 0 Å². The molecule has 2 saturated carbocycles. The number of urea groups is 1. The average molecular weight is 326 g/mol. The minimum absolute atomic E-state index is 0.0256. The van der Waals surface area contributed by atoms with Crippen LogP contribution >= 0.6 is 0 Å². The lowest BCUT2D eigenvalue weighted by molar-refractivity contribution is 0.0749. The molecule has 0 aliphatic heterocycles. The van der Waals surface area contributed by atoms with E-state index in [4.69, 9.17) is 0 Å². The number of amides is 2. The molecule has 1 aromatic rings. The van der Waals surface area contributed by atoms with E-state index in [9.17, 15) is 4.79 Å². The average Bonchev–Trinajstić information content (AvgIpc) is 2.90. The highest BCUT2D eigenvalue weighted by Gasteiger charge is 2.37. The minimum atomic E-state index is 0.0256. The van der Waals surface area contributed by atoms with Gasteiger partial charge in [0.2, 0.25) is 0 Å². The van der Waals surface area contributed by atoms with Crippen LogP contribution in [0.4, 0.5) is 4.79 Å². The van der Waals surface area contributed by atoms with Gasteiger partial charge in [-0.3, -0.25) is 0 Å². The number of rotatable bonds is 6. The molecular formula is C21H30N2O. The molecule has 3 aliphatic rings. The third kappa shape index (κ3) is 3.60. The largest absolute Gasteiger partial charge is 0.338 e. The number of fused-ring (bicyclic) bond motifs is 1. The molecule has 2 fully saturated rings. The van der Waals surface area contributed by atoms with Gasteiger partial charge in [0, 0.05) is 13.1 Å². The Morgan fingerprint density at radius 2 is 1.67 bits per heavy atom. The number of nitrogens with one attached hydrogen (secondary N) is 2. The molecule has 3 heteroatoms. The Hall–Kier alpha value is -1.51. The zero-order chi connectivity index (χ0) is 16.4. The van der Waals surface area contributed by atoms with Crippen LogP contribution in [0.5, 0.6) is 0 Å². The fourth-order valence-electron chi connectivity index (χ4n) is 4.79.